The second kappa shape index (κ2) is 10.9. The minimum atomic E-state index is -0.662. The van der Waals surface area contributed by atoms with Gasteiger partial charge in [-0.05, 0) is 40.8 Å². The van der Waals surface area contributed by atoms with Crippen molar-refractivity contribution in [3.63, 3.8) is 0 Å². The normalized spacial score (nSPS) is 13.2. The Hall–Kier alpha value is -4.85. The van der Waals surface area contributed by atoms with Gasteiger partial charge in [-0.1, -0.05) is 68.4 Å². The smallest absolute Gasteiger partial charge is 0.328 e. The number of benzene rings is 3. The number of rotatable bonds is 7. The van der Waals surface area contributed by atoms with Crippen LogP contribution in [0.15, 0.2) is 85.2 Å². The maximum absolute atomic E-state index is 13.2. The van der Waals surface area contributed by atoms with Crippen molar-refractivity contribution in [1.29, 1.82) is 0 Å². The zero-order valence-electron chi connectivity index (χ0n) is 21.9. The summed E-state index contributed by atoms with van der Waals surface area (Å²) in [5.41, 5.74) is 5.55. The van der Waals surface area contributed by atoms with E-state index in [1.165, 1.54) is 19.5 Å². The van der Waals surface area contributed by atoms with Crippen LogP contribution >= 0.6 is 0 Å². The molecule has 1 atom stereocenters. The molecule has 1 aliphatic heterocycles. The van der Waals surface area contributed by atoms with Gasteiger partial charge in [0.1, 0.15) is 11.7 Å². The summed E-state index contributed by atoms with van der Waals surface area (Å²) in [6.45, 7) is 4.11. The van der Waals surface area contributed by atoms with E-state index in [1.54, 1.807) is 11.0 Å². The Morgan fingerprint density at radius 1 is 0.897 bits per heavy atom. The lowest BCUT2D eigenvalue weighted by Gasteiger charge is -2.28. The minimum absolute atomic E-state index is 0.0958. The summed E-state index contributed by atoms with van der Waals surface area (Å²) in [4.78, 5) is 48.5. The molecule has 4 aromatic rings. The molecule has 2 amide bonds. The molecule has 1 aromatic heterocycles. The summed E-state index contributed by atoms with van der Waals surface area (Å²) < 4.78 is 4.93. The number of carbonyl (C=O) groups is 3. The number of esters is 1. The van der Waals surface area contributed by atoms with Gasteiger partial charge in [-0.15, -0.1) is 0 Å². The number of aromatic nitrogens is 2. The van der Waals surface area contributed by atoms with Crippen LogP contribution in [0.25, 0.3) is 22.4 Å². The van der Waals surface area contributed by atoms with E-state index in [2.05, 4.69) is 15.3 Å². The second-order valence-corrected chi connectivity index (χ2v) is 9.70. The van der Waals surface area contributed by atoms with Crippen molar-refractivity contribution < 1.29 is 19.1 Å². The summed E-state index contributed by atoms with van der Waals surface area (Å²) in [6.07, 6.45) is 2.92. The first kappa shape index (κ1) is 25.8. The van der Waals surface area contributed by atoms with E-state index in [4.69, 9.17) is 4.74 Å². The molecular formula is C31H28N4O4. The van der Waals surface area contributed by atoms with Gasteiger partial charge in [0.15, 0.2) is 0 Å². The average Bonchev–Trinajstić information content (AvgIpc) is 3.28. The molecule has 0 fully saturated rings. The van der Waals surface area contributed by atoms with Gasteiger partial charge in [0.25, 0.3) is 11.8 Å². The van der Waals surface area contributed by atoms with E-state index in [1.807, 2.05) is 80.6 Å². The van der Waals surface area contributed by atoms with Crippen LogP contribution in [0.3, 0.4) is 0 Å². The molecule has 0 saturated heterocycles. The zero-order valence-corrected chi connectivity index (χ0v) is 21.9. The molecule has 196 valence electrons. The molecule has 8 heteroatoms. The molecule has 0 aliphatic carbocycles. The molecule has 1 aliphatic rings. The molecule has 0 unspecified atom stereocenters. The first-order chi connectivity index (χ1) is 18.9. The first-order valence-corrected chi connectivity index (χ1v) is 12.7. The molecule has 5 rings (SSSR count). The van der Waals surface area contributed by atoms with Gasteiger partial charge in [0, 0.05) is 23.4 Å². The Labute approximate surface area is 226 Å². The SMILES string of the molecule is COC(=O)[C@H](C(C)C)N1Cc2ccc(-c3cnc(C(=O)Nc4ccc(-c5ccccc5)cc4)cn3)cc2C1=O. The highest BCUT2D eigenvalue weighted by molar-refractivity contribution is 6.03. The van der Waals surface area contributed by atoms with Crippen molar-refractivity contribution in [3.8, 4) is 22.4 Å². The summed E-state index contributed by atoms with van der Waals surface area (Å²) >= 11 is 0. The second-order valence-electron chi connectivity index (χ2n) is 9.70. The molecule has 3 aromatic carbocycles. The number of carbonyl (C=O) groups excluding carboxylic acids is 3. The molecule has 2 heterocycles. The van der Waals surface area contributed by atoms with Crippen molar-refractivity contribution in [2.75, 3.05) is 12.4 Å². The fraction of sp³-hybridized carbons (Fsp3) is 0.194. The quantitative estimate of drug-likeness (QED) is 0.336. The Balaban J connectivity index is 1.28. The standard InChI is InChI=1S/C31H28N4O4/c1-19(2)28(31(38)39-3)35-18-23-10-9-22(15-25(23)30(35)37)26-16-33-27(17-32-26)29(36)34-24-13-11-21(12-14-24)20-7-5-4-6-8-20/h4-17,19,28H,18H2,1-3H3,(H,34,36)/t28-/m0/s1. The van der Waals surface area contributed by atoms with E-state index >= 15 is 0 Å². The van der Waals surface area contributed by atoms with Crippen molar-refractivity contribution in [1.82, 2.24) is 14.9 Å². The number of nitrogens with zero attached hydrogens (tertiary/aromatic N) is 3. The summed E-state index contributed by atoms with van der Waals surface area (Å²) in [6, 6.07) is 22.4. The number of methoxy groups -OCH3 is 1. The maximum atomic E-state index is 13.2. The molecule has 0 radical (unpaired) electrons. The number of nitrogens with one attached hydrogen (secondary N) is 1. The largest absolute Gasteiger partial charge is 0.467 e. The predicted octanol–water partition coefficient (Wildman–Crippen LogP) is 5.22. The van der Waals surface area contributed by atoms with E-state index in [0.29, 0.717) is 29.1 Å². The Morgan fingerprint density at radius 3 is 2.23 bits per heavy atom. The van der Waals surface area contributed by atoms with Gasteiger partial charge in [-0.25, -0.2) is 9.78 Å². The lowest BCUT2D eigenvalue weighted by molar-refractivity contribution is -0.147. The van der Waals surface area contributed by atoms with E-state index in [0.717, 1.165) is 16.7 Å². The van der Waals surface area contributed by atoms with Crippen molar-refractivity contribution >= 4 is 23.5 Å². The van der Waals surface area contributed by atoms with E-state index in [-0.39, 0.29) is 23.4 Å². The number of hydrogen-bond donors (Lipinski definition) is 1. The van der Waals surface area contributed by atoms with Crippen LogP contribution in [0.5, 0.6) is 0 Å². The van der Waals surface area contributed by atoms with Gasteiger partial charge >= 0.3 is 5.97 Å². The van der Waals surface area contributed by atoms with Crippen LogP contribution in [0.1, 0.15) is 40.3 Å². The average molecular weight is 521 g/mol. The molecule has 1 N–H and O–H groups in total. The van der Waals surface area contributed by atoms with Gasteiger partial charge in [0.2, 0.25) is 0 Å². The van der Waals surface area contributed by atoms with Crippen LogP contribution in [-0.4, -0.2) is 45.8 Å². The van der Waals surface area contributed by atoms with E-state index < -0.39 is 12.0 Å². The lowest BCUT2D eigenvalue weighted by atomic mass is 10.0. The van der Waals surface area contributed by atoms with Gasteiger partial charge in [0.05, 0.1) is 25.2 Å². The Morgan fingerprint density at radius 2 is 1.59 bits per heavy atom. The third-order valence-corrected chi connectivity index (χ3v) is 6.78. The van der Waals surface area contributed by atoms with Gasteiger partial charge in [-0.2, -0.15) is 0 Å². The molecular weight excluding hydrogens is 492 g/mol. The molecule has 0 saturated carbocycles. The third-order valence-electron chi connectivity index (χ3n) is 6.78. The number of anilines is 1. The fourth-order valence-corrected chi connectivity index (χ4v) is 4.75. The van der Waals surface area contributed by atoms with Crippen LogP contribution in [0, 0.1) is 5.92 Å². The number of ether oxygens (including phenoxy) is 1. The number of hydrogen-bond acceptors (Lipinski definition) is 6. The number of amides is 2. The van der Waals surface area contributed by atoms with Crippen LogP contribution in [0.4, 0.5) is 5.69 Å². The zero-order chi connectivity index (χ0) is 27.5. The summed E-state index contributed by atoms with van der Waals surface area (Å²) in [7, 11) is 1.33. The predicted molar refractivity (Wildman–Crippen MR) is 148 cm³/mol. The highest BCUT2D eigenvalue weighted by Gasteiger charge is 2.38. The fourth-order valence-electron chi connectivity index (χ4n) is 4.75. The molecule has 8 nitrogen and oxygen atoms in total. The third kappa shape index (κ3) is 5.27. The van der Waals surface area contributed by atoms with Crippen molar-refractivity contribution in [3.05, 3.63) is 102 Å². The van der Waals surface area contributed by atoms with Gasteiger partial charge < -0.3 is 15.0 Å². The first-order valence-electron chi connectivity index (χ1n) is 12.7. The van der Waals surface area contributed by atoms with E-state index in [9.17, 15) is 14.4 Å². The van der Waals surface area contributed by atoms with Gasteiger partial charge in [-0.3, -0.25) is 14.6 Å². The van der Waals surface area contributed by atoms with Crippen molar-refractivity contribution in [2.45, 2.75) is 26.4 Å². The van der Waals surface area contributed by atoms with Crippen molar-refractivity contribution in [2.24, 2.45) is 5.92 Å². The maximum Gasteiger partial charge on any atom is 0.328 e. The molecule has 0 spiro atoms. The van der Waals surface area contributed by atoms with Crippen LogP contribution in [-0.2, 0) is 16.1 Å². The molecule has 0 bridgehead atoms. The van der Waals surface area contributed by atoms with Crippen LogP contribution in [0.2, 0.25) is 0 Å². The number of fused-ring (bicyclic) bond motifs is 1. The highest BCUT2D eigenvalue weighted by atomic mass is 16.5. The molecule has 39 heavy (non-hydrogen) atoms. The monoisotopic (exact) mass is 520 g/mol. The Kier molecular flexibility index (Phi) is 7.19. The minimum Gasteiger partial charge on any atom is -0.467 e. The summed E-state index contributed by atoms with van der Waals surface area (Å²) in [5.74, 6) is -1.12. The summed E-state index contributed by atoms with van der Waals surface area (Å²) in [5, 5.41) is 2.84. The highest BCUT2D eigenvalue weighted by Crippen LogP contribution is 2.31. The lowest BCUT2D eigenvalue weighted by Crippen LogP contribution is -2.45. The Bertz CT molecular complexity index is 1520. The topological polar surface area (TPSA) is 101 Å². The van der Waals surface area contributed by atoms with Crippen LogP contribution < -0.4 is 5.32 Å².